The Morgan fingerprint density at radius 2 is 2.46 bits per heavy atom. The first-order valence-corrected chi connectivity index (χ1v) is 5.26. The fraction of sp³-hybridized carbons (Fsp3) is 0.889. The fourth-order valence-electron chi connectivity index (χ4n) is 1.55. The standard InChI is InChI=1S/C9H16ClNO2/c1-2-8-7-13-6-5-11(8)9(12)3-4-10/h8H,2-7H2,1H3. The number of rotatable bonds is 3. The largest absolute Gasteiger partial charge is 0.377 e. The van der Waals surface area contributed by atoms with E-state index < -0.39 is 0 Å². The number of hydrogen-bond donors (Lipinski definition) is 0. The lowest BCUT2D eigenvalue weighted by molar-refractivity contribution is -0.139. The van der Waals surface area contributed by atoms with Gasteiger partial charge in [-0.25, -0.2) is 0 Å². The maximum atomic E-state index is 11.6. The summed E-state index contributed by atoms with van der Waals surface area (Å²) >= 11 is 5.53. The van der Waals surface area contributed by atoms with E-state index in [2.05, 4.69) is 6.92 Å². The molecule has 0 saturated carbocycles. The lowest BCUT2D eigenvalue weighted by atomic mass is 10.1. The SMILES string of the molecule is CCC1COCCN1C(=O)CCCl. The van der Waals surface area contributed by atoms with E-state index >= 15 is 0 Å². The topological polar surface area (TPSA) is 29.5 Å². The summed E-state index contributed by atoms with van der Waals surface area (Å²) in [4.78, 5) is 13.4. The van der Waals surface area contributed by atoms with Gasteiger partial charge in [0, 0.05) is 18.8 Å². The number of halogens is 1. The summed E-state index contributed by atoms with van der Waals surface area (Å²) in [5.41, 5.74) is 0. The highest BCUT2D eigenvalue weighted by Gasteiger charge is 2.24. The molecule has 1 aliphatic rings. The first kappa shape index (κ1) is 10.8. The van der Waals surface area contributed by atoms with Crippen molar-refractivity contribution in [1.29, 1.82) is 0 Å². The van der Waals surface area contributed by atoms with Crippen LogP contribution in [0.3, 0.4) is 0 Å². The third-order valence-electron chi connectivity index (χ3n) is 2.33. The van der Waals surface area contributed by atoms with Gasteiger partial charge in [-0.1, -0.05) is 6.92 Å². The fourth-order valence-corrected chi connectivity index (χ4v) is 1.71. The lowest BCUT2D eigenvalue weighted by Gasteiger charge is -2.35. The molecule has 4 heteroatoms. The van der Waals surface area contributed by atoms with Crippen LogP contribution in [0.25, 0.3) is 0 Å². The molecule has 1 saturated heterocycles. The van der Waals surface area contributed by atoms with Crippen molar-refractivity contribution < 1.29 is 9.53 Å². The highest BCUT2D eigenvalue weighted by atomic mass is 35.5. The first-order chi connectivity index (χ1) is 6.29. The normalized spacial score (nSPS) is 23.2. The Kier molecular flexibility index (Phi) is 4.53. The van der Waals surface area contributed by atoms with Crippen LogP contribution in [0, 0.1) is 0 Å². The van der Waals surface area contributed by atoms with Gasteiger partial charge in [0.05, 0.1) is 19.3 Å². The molecule has 0 aliphatic carbocycles. The van der Waals surface area contributed by atoms with Crippen LogP contribution in [0.5, 0.6) is 0 Å². The summed E-state index contributed by atoms with van der Waals surface area (Å²) in [6.45, 7) is 4.11. The zero-order valence-electron chi connectivity index (χ0n) is 7.96. The highest BCUT2D eigenvalue weighted by Crippen LogP contribution is 2.11. The molecule has 1 amide bonds. The van der Waals surface area contributed by atoms with Crippen LogP contribution in [0.4, 0.5) is 0 Å². The Hall–Kier alpha value is -0.280. The van der Waals surface area contributed by atoms with E-state index in [0.29, 0.717) is 32.1 Å². The molecule has 76 valence electrons. The molecule has 0 aromatic heterocycles. The number of alkyl halides is 1. The smallest absolute Gasteiger partial charge is 0.224 e. The van der Waals surface area contributed by atoms with Gasteiger partial charge < -0.3 is 9.64 Å². The summed E-state index contributed by atoms with van der Waals surface area (Å²) in [5, 5.41) is 0. The summed E-state index contributed by atoms with van der Waals surface area (Å²) in [6.07, 6.45) is 1.39. The van der Waals surface area contributed by atoms with Crippen molar-refractivity contribution in [2.45, 2.75) is 25.8 Å². The second-order valence-corrected chi connectivity index (χ2v) is 3.54. The second-order valence-electron chi connectivity index (χ2n) is 3.16. The number of hydrogen-bond acceptors (Lipinski definition) is 2. The zero-order valence-corrected chi connectivity index (χ0v) is 8.72. The lowest BCUT2D eigenvalue weighted by Crippen LogP contribution is -2.48. The molecular weight excluding hydrogens is 190 g/mol. The van der Waals surface area contributed by atoms with E-state index in [1.807, 2.05) is 4.90 Å². The van der Waals surface area contributed by atoms with Crippen LogP contribution in [0.15, 0.2) is 0 Å². The Labute approximate surface area is 84.0 Å². The van der Waals surface area contributed by atoms with E-state index in [0.717, 1.165) is 6.42 Å². The Balaban J connectivity index is 2.48. The van der Waals surface area contributed by atoms with E-state index in [1.165, 1.54) is 0 Å². The average molecular weight is 206 g/mol. The predicted octanol–water partition coefficient (Wildman–Crippen LogP) is 1.25. The van der Waals surface area contributed by atoms with Gasteiger partial charge in [-0.2, -0.15) is 0 Å². The van der Waals surface area contributed by atoms with Crippen molar-refractivity contribution in [3.63, 3.8) is 0 Å². The number of carbonyl (C=O) groups is 1. The van der Waals surface area contributed by atoms with Crippen LogP contribution < -0.4 is 0 Å². The summed E-state index contributed by atoms with van der Waals surface area (Å²) < 4.78 is 5.30. The quantitative estimate of drug-likeness (QED) is 0.650. The molecule has 1 aliphatic heterocycles. The molecule has 1 fully saturated rings. The zero-order chi connectivity index (χ0) is 9.68. The van der Waals surface area contributed by atoms with Gasteiger partial charge in [-0.15, -0.1) is 11.6 Å². The molecule has 1 atom stereocenters. The van der Waals surface area contributed by atoms with Crippen LogP contribution in [0.2, 0.25) is 0 Å². The molecule has 0 N–H and O–H groups in total. The third-order valence-corrected chi connectivity index (χ3v) is 2.52. The van der Waals surface area contributed by atoms with Crippen molar-refractivity contribution >= 4 is 17.5 Å². The van der Waals surface area contributed by atoms with Crippen LogP contribution in [-0.4, -0.2) is 42.5 Å². The number of amides is 1. The average Bonchev–Trinajstić information content (AvgIpc) is 2.18. The van der Waals surface area contributed by atoms with Crippen molar-refractivity contribution in [1.82, 2.24) is 4.90 Å². The van der Waals surface area contributed by atoms with Crippen molar-refractivity contribution in [3.8, 4) is 0 Å². The van der Waals surface area contributed by atoms with Gasteiger partial charge in [0.15, 0.2) is 0 Å². The van der Waals surface area contributed by atoms with Gasteiger partial charge in [0.2, 0.25) is 5.91 Å². The van der Waals surface area contributed by atoms with Gasteiger partial charge in [0.1, 0.15) is 0 Å². The Morgan fingerprint density at radius 1 is 1.69 bits per heavy atom. The molecule has 1 unspecified atom stereocenters. The minimum Gasteiger partial charge on any atom is -0.377 e. The van der Waals surface area contributed by atoms with E-state index in [1.54, 1.807) is 0 Å². The number of carbonyl (C=O) groups excluding carboxylic acids is 1. The van der Waals surface area contributed by atoms with Crippen molar-refractivity contribution in [2.75, 3.05) is 25.6 Å². The van der Waals surface area contributed by atoms with Crippen molar-refractivity contribution in [2.24, 2.45) is 0 Å². The van der Waals surface area contributed by atoms with Gasteiger partial charge in [0.25, 0.3) is 0 Å². The second kappa shape index (κ2) is 5.45. The molecule has 0 radical (unpaired) electrons. The van der Waals surface area contributed by atoms with E-state index in [9.17, 15) is 4.79 Å². The van der Waals surface area contributed by atoms with Crippen LogP contribution >= 0.6 is 11.6 Å². The molecule has 1 heterocycles. The monoisotopic (exact) mass is 205 g/mol. The molecular formula is C9H16ClNO2. The maximum absolute atomic E-state index is 11.6. The third kappa shape index (κ3) is 2.85. The van der Waals surface area contributed by atoms with Crippen molar-refractivity contribution in [3.05, 3.63) is 0 Å². The van der Waals surface area contributed by atoms with Gasteiger partial charge in [-0.05, 0) is 6.42 Å². The Bertz CT molecular complexity index is 175. The van der Waals surface area contributed by atoms with Gasteiger partial charge in [-0.3, -0.25) is 4.79 Å². The summed E-state index contributed by atoms with van der Waals surface area (Å²) in [5.74, 6) is 0.567. The number of morpholine rings is 1. The number of nitrogens with zero attached hydrogens (tertiary/aromatic N) is 1. The molecule has 3 nitrogen and oxygen atoms in total. The molecule has 0 aromatic carbocycles. The van der Waals surface area contributed by atoms with Crippen LogP contribution in [-0.2, 0) is 9.53 Å². The first-order valence-electron chi connectivity index (χ1n) is 4.72. The minimum absolute atomic E-state index is 0.158. The van der Waals surface area contributed by atoms with Gasteiger partial charge >= 0.3 is 0 Å². The number of ether oxygens (including phenoxy) is 1. The molecule has 0 bridgehead atoms. The molecule has 1 rings (SSSR count). The molecule has 13 heavy (non-hydrogen) atoms. The van der Waals surface area contributed by atoms with Crippen LogP contribution in [0.1, 0.15) is 19.8 Å². The van der Waals surface area contributed by atoms with E-state index in [-0.39, 0.29) is 11.9 Å². The predicted molar refractivity (Wildman–Crippen MR) is 51.9 cm³/mol. The summed E-state index contributed by atoms with van der Waals surface area (Å²) in [6, 6.07) is 0.254. The summed E-state index contributed by atoms with van der Waals surface area (Å²) in [7, 11) is 0. The van der Waals surface area contributed by atoms with E-state index in [4.69, 9.17) is 16.3 Å². The highest BCUT2D eigenvalue weighted by molar-refractivity contribution is 6.18. The molecule has 0 aromatic rings. The Morgan fingerprint density at radius 3 is 3.08 bits per heavy atom. The molecule has 0 spiro atoms. The minimum atomic E-state index is 0.158. The maximum Gasteiger partial charge on any atom is 0.224 e.